The van der Waals surface area contributed by atoms with E-state index in [4.69, 9.17) is 4.74 Å². The molecule has 2 N–H and O–H groups in total. The molecule has 2 aliphatic rings. The highest BCUT2D eigenvalue weighted by Crippen LogP contribution is 2.22. The molecule has 1 unspecified atom stereocenters. The number of rotatable bonds is 6. The molecule has 0 bridgehead atoms. The molecule has 1 atom stereocenters. The zero-order valence-corrected chi connectivity index (χ0v) is 17.9. The van der Waals surface area contributed by atoms with Crippen LogP contribution in [0.4, 0.5) is 0 Å². The van der Waals surface area contributed by atoms with Gasteiger partial charge in [0.05, 0.1) is 18.1 Å². The molecule has 28 heavy (non-hydrogen) atoms. The Labute approximate surface area is 173 Å². The van der Waals surface area contributed by atoms with Crippen LogP contribution in [-0.4, -0.2) is 64.6 Å². The number of hydrogen-bond acceptors (Lipinski definition) is 5. The Morgan fingerprint density at radius 3 is 2.75 bits per heavy atom. The summed E-state index contributed by atoms with van der Waals surface area (Å²) in [6.07, 6.45) is 3.30. The lowest BCUT2D eigenvalue weighted by molar-refractivity contribution is 0.0730. The van der Waals surface area contributed by atoms with Gasteiger partial charge in [0, 0.05) is 25.2 Å². The van der Waals surface area contributed by atoms with Crippen molar-refractivity contribution in [3.63, 3.8) is 0 Å². The third-order valence-corrected chi connectivity index (χ3v) is 7.32. The van der Waals surface area contributed by atoms with Crippen LogP contribution in [0.5, 0.6) is 0 Å². The zero-order chi connectivity index (χ0) is 19.3. The Morgan fingerprint density at radius 1 is 1.32 bits per heavy atom. The fourth-order valence-corrected chi connectivity index (χ4v) is 5.27. The molecule has 0 spiro atoms. The molecule has 158 valence electrons. The van der Waals surface area contributed by atoms with E-state index in [0.29, 0.717) is 49.9 Å². The van der Waals surface area contributed by atoms with Crippen molar-refractivity contribution in [3.05, 3.63) is 29.3 Å². The highest BCUT2D eigenvalue weighted by atomic mass is 35.5. The second kappa shape index (κ2) is 10.5. The van der Waals surface area contributed by atoms with Crippen LogP contribution in [0.25, 0.3) is 0 Å². The molecule has 2 saturated heterocycles. The molecule has 0 saturated carbocycles. The van der Waals surface area contributed by atoms with Gasteiger partial charge in [-0.2, -0.15) is 4.31 Å². The Morgan fingerprint density at radius 2 is 2.07 bits per heavy atom. The molecule has 7 nitrogen and oxygen atoms in total. The normalized spacial score (nSPS) is 21.0. The average molecular weight is 432 g/mol. The molecule has 2 aliphatic heterocycles. The van der Waals surface area contributed by atoms with Gasteiger partial charge in [-0.25, -0.2) is 8.42 Å². The summed E-state index contributed by atoms with van der Waals surface area (Å²) in [5.74, 6) is 0.367. The summed E-state index contributed by atoms with van der Waals surface area (Å²) in [6, 6.07) is 4.89. The zero-order valence-electron chi connectivity index (χ0n) is 16.3. The van der Waals surface area contributed by atoms with Crippen LogP contribution in [-0.2, 0) is 14.8 Å². The molecule has 0 radical (unpaired) electrons. The number of nitrogens with one attached hydrogen (secondary N) is 2. The number of aryl methyl sites for hydroxylation is 1. The van der Waals surface area contributed by atoms with Crippen LogP contribution < -0.4 is 10.6 Å². The van der Waals surface area contributed by atoms with Gasteiger partial charge >= 0.3 is 0 Å². The van der Waals surface area contributed by atoms with Gasteiger partial charge in [0.25, 0.3) is 5.91 Å². The van der Waals surface area contributed by atoms with E-state index in [1.54, 1.807) is 19.1 Å². The third-order valence-electron chi connectivity index (χ3n) is 5.28. The minimum absolute atomic E-state index is 0. The van der Waals surface area contributed by atoms with E-state index in [0.717, 1.165) is 19.5 Å². The molecule has 2 heterocycles. The van der Waals surface area contributed by atoms with Gasteiger partial charge in [0.1, 0.15) is 0 Å². The first-order chi connectivity index (χ1) is 13.0. The first kappa shape index (κ1) is 23.1. The first-order valence-electron chi connectivity index (χ1n) is 9.66. The van der Waals surface area contributed by atoms with E-state index < -0.39 is 10.0 Å². The van der Waals surface area contributed by atoms with E-state index in [1.165, 1.54) is 23.2 Å². The lowest BCUT2D eigenvalue weighted by Crippen LogP contribution is -2.41. The predicted octanol–water partition coefficient (Wildman–Crippen LogP) is 1.56. The monoisotopic (exact) mass is 431 g/mol. The Hall–Kier alpha value is -1.19. The van der Waals surface area contributed by atoms with E-state index in [2.05, 4.69) is 10.6 Å². The Bertz CT molecular complexity index is 760. The standard InChI is InChI=1S/C19H29N3O4S.ClH/c1-15-4-5-17(19(23)21-8-6-16-3-2-7-20-14-16)13-18(15)27(24,25)22-9-11-26-12-10-22;/h4-5,13,16,20H,2-3,6-12,14H2,1H3,(H,21,23);1H. The molecule has 1 aromatic carbocycles. The number of piperidine rings is 1. The van der Waals surface area contributed by atoms with Gasteiger partial charge in [-0.1, -0.05) is 6.07 Å². The van der Waals surface area contributed by atoms with E-state index in [-0.39, 0.29) is 23.2 Å². The van der Waals surface area contributed by atoms with Gasteiger partial charge in [-0.15, -0.1) is 12.4 Å². The summed E-state index contributed by atoms with van der Waals surface area (Å²) in [4.78, 5) is 12.7. The van der Waals surface area contributed by atoms with Crippen molar-refractivity contribution in [2.75, 3.05) is 45.9 Å². The van der Waals surface area contributed by atoms with Gasteiger partial charge in [-0.05, 0) is 62.9 Å². The quantitative estimate of drug-likeness (QED) is 0.713. The molecule has 2 fully saturated rings. The summed E-state index contributed by atoms with van der Waals surface area (Å²) in [5, 5.41) is 6.30. The van der Waals surface area contributed by atoms with Crippen molar-refractivity contribution in [1.82, 2.24) is 14.9 Å². The lowest BCUT2D eigenvalue weighted by atomic mass is 9.96. The summed E-state index contributed by atoms with van der Waals surface area (Å²) in [7, 11) is -3.62. The second-order valence-electron chi connectivity index (χ2n) is 7.25. The molecule has 1 aromatic rings. The van der Waals surface area contributed by atoms with E-state index in [9.17, 15) is 13.2 Å². The van der Waals surface area contributed by atoms with Crippen LogP contribution in [0.3, 0.4) is 0 Å². The molecule has 0 aliphatic carbocycles. The highest BCUT2D eigenvalue weighted by Gasteiger charge is 2.28. The second-order valence-corrected chi connectivity index (χ2v) is 9.16. The maximum atomic E-state index is 12.9. The third kappa shape index (κ3) is 5.67. The predicted molar refractivity (Wildman–Crippen MR) is 111 cm³/mol. The van der Waals surface area contributed by atoms with Crippen LogP contribution in [0.2, 0.25) is 0 Å². The number of hydrogen-bond donors (Lipinski definition) is 2. The van der Waals surface area contributed by atoms with Crippen molar-refractivity contribution in [2.45, 2.75) is 31.1 Å². The number of nitrogens with zero attached hydrogens (tertiary/aromatic N) is 1. The fourth-order valence-electron chi connectivity index (χ4n) is 3.61. The van der Waals surface area contributed by atoms with Crippen molar-refractivity contribution < 1.29 is 17.9 Å². The van der Waals surface area contributed by atoms with Gasteiger partial charge < -0.3 is 15.4 Å². The summed E-state index contributed by atoms with van der Waals surface area (Å²) >= 11 is 0. The minimum atomic E-state index is -3.62. The van der Waals surface area contributed by atoms with Crippen molar-refractivity contribution in [3.8, 4) is 0 Å². The van der Waals surface area contributed by atoms with Crippen LogP contribution >= 0.6 is 12.4 Å². The Kier molecular flexibility index (Phi) is 8.70. The van der Waals surface area contributed by atoms with Gasteiger partial charge in [-0.3, -0.25) is 4.79 Å². The topological polar surface area (TPSA) is 87.7 Å². The smallest absolute Gasteiger partial charge is 0.251 e. The molecule has 1 amide bonds. The SMILES string of the molecule is Cc1ccc(C(=O)NCCC2CCCNC2)cc1S(=O)(=O)N1CCOCC1.Cl. The van der Waals surface area contributed by atoms with Crippen LogP contribution in [0.15, 0.2) is 23.1 Å². The lowest BCUT2D eigenvalue weighted by Gasteiger charge is -2.26. The van der Waals surface area contributed by atoms with Crippen molar-refractivity contribution in [1.29, 1.82) is 0 Å². The number of carbonyl (C=O) groups excluding carboxylic acids is 1. The number of amides is 1. The summed E-state index contributed by atoms with van der Waals surface area (Å²) in [5.41, 5.74) is 1.03. The van der Waals surface area contributed by atoms with Crippen molar-refractivity contribution >= 4 is 28.3 Å². The largest absolute Gasteiger partial charge is 0.379 e. The maximum Gasteiger partial charge on any atom is 0.251 e. The molecular formula is C19H30ClN3O4S. The van der Waals surface area contributed by atoms with E-state index in [1.807, 2.05) is 0 Å². The molecule has 0 aromatic heterocycles. The van der Waals surface area contributed by atoms with Gasteiger partial charge in [0.15, 0.2) is 0 Å². The van der Waals surface area contributed by atoms with Gasteiger partial charge in [0.2, 0.25) is 10.0 Å². The minimum Gasteiger partial charge on any atom is -0.379 e. The summed E-state index contributed by atoms with van der Waals surface area (Å²) < 4.78 is 32.5. The van der Waals surface area contributed by atoms with Crippen molar-refractivity contribution in [2.24, 2.45) is 5.92 Å². The maximum absolute atomic E-state index is 12.9. The molecular weight excluding hydrogens is 402 g/mol. The van der Waals surface area contributed by atoms with E-state index >= 15 is 0 Å². The number of halogens is 1. The number of morpholine rings is 1. The number of ether oxygens (including phenoxy) is 1. The van der Waals surface area contributed by atoms with Crippen LogP contribution in [0.1, 0.15) is 35.2 Å². The molecule has 3 rings (SSSR count). The van der Waals surface area contributed by atoms with Crippen LogP contribution in [0, 0.1) is 12.8 Å². The summed E-state index contributed by atoms with van der Waals surface area (Å²) in [6.45, 7) is 5.91. The number of benzene rings is 1. The highest BCUT2D eigenvalue weighted by molar-refractivity contribution is 7.89. The average Bonchev–Trinajstić information content (AvgIpc) is 2.69. The fraction of sp³-hybridized carbons (Fsp3) is 0.632. The first-order valence-corrected chi connectivity index (χ1v) is 11.1. The number of sulfonamides is 1. The molecule has 9 heteroatoms. The number of carbonyl (C=O) groups is 1. The Balaban J connectivity index is 0.00000280.